The minimum atomic E-state index is -4.38. The summed E-state index contributed by atoms with van der Waals surface area (Å²) in [6.07, 6.45) is -1.48. The molecule has 0 saturated carbocycles. The highest BCUT2D eigenvalue weighted by molar-refractivity contribution is 6.06. The number of alkyl halides is 3. The van der Waals surface area contributed by atoms with Gasteiger partial charge in [0.05, 0.1) is 11.6 Å². The van der Waals surface area contributed by atoms with Crippen molar-refractivity contribution < 1.29 is 22.7 Å². The van der Waals surface area contributed by atoms with Crippen molar-refractivity contribution in [3.8, 4) is 11.8 Å². The number of allylic oxidation sites excluding steroid dienone is 1. The highest BCUT2D eigenvalue weighted by Crippen LogP contribution is 2.19. The van der Waals surface area contributed by atoms with Crippen molar-refractivity contribution in [3.63, 3.8) is 0 Å². The van der Waals surface area contributed by atoms with Gasteiger partial charge < -0.3 is 4.74 Å². The molecule has 0 bridgehead atoms. The molecule has 0 fully saturated rings. The molecule has 3 nitrogen and oxygen atoms in total. The Balaban J connectivity index is 1.98. The van der Waals surface area contributed by atoms with Crippen LogP contribution < -0.4 is 4.74 Å². The Morgan fingerprint density at radius 2 is 1.71 bits per heavy atom. The third kappa shape index (κ3) is 5.29. The Bertz CT molecular complexity index is 770. The van der Waals surface area contributed by atoms with Gasteiger partial charge in [0.2, 0.25) is 0 Å². The van der Waals surface area contributed by atoms with Gasteiger partial charge in [-0.05, 0) is 48.0 Å². The van der Waals surface area contributed by atoms with Gasteiger partial charge in [-0.25, -0.2) is 0 Å². The molecule has 0 aliphatic rings. The van der Waals surface area contributed by atoms with Crippen LogP contribution in [0.5, 0.6) is 5.75 Å². The molecular weight excluding hydrogens is 319 g/mol. The number of ether oxygens (including phenoxy) is 1. The molecule has 2 aromatic rings. The number of benzene rings is 2. The van der Waals surface area contributed by atoms with E-state index in [-0.39, 0.29) is 11.5 Å². The van der Waals surface area contributed by atoms with Crippen LogP contribution in [0.15, 0.2) is 54.6 Å². The molecule has 6 heteroatoms. The Morgan fingerprint density at radius 3 is 2.25 bits per heavy atom. The standard InChI is InChI=1S/C18H12F3NO2/c19-18(20,21)12-24-16-8-3-13(4-9-16)5-10-17(23)15-6-1-14(11-22)2-7-15/h1-10H,12H2/b10-5+. The number of rotatable bonds is 5. The van der Waals surface area contributed by atoms with Crippen molar-refractivity contribution in [2.45, 2.75) is 6.18 Å². The second kappa shape index (κ2) is 7.47. The molecule has 122 valence electrons. The fourth-order valence-electron chi connectivity index (χ4n) is 1.82. The molecule has 0 unspecified atom stereocenters. The Morgan fingerprint density at radius 1 is 1.08 bits per heavy atom. The molecule has 2 rings (SSSR count). The van der Waals surface area contributed by atoms with Crippen LogP contribution >= 0.6 is 0 Å². The van der Waals surface area contributed by atoms with Crippen molar-refractivity contribution in [1.82, 2.24) is 0 Å². The molecule has 24 heavy (non-hydrogen) atoms. The fourth-order valence-corrected chi connectivity index (χ4v) is 1.82. The van der Waals surface area contributed by atoms with Crippen molar-refractivity contribution in [2.75, 3.05) is 6.61 Å². The van der Waals surface area contributed by atoms with E-state index in [1.165, 1.54) is 18.2 Å². The van der Waals surface area contributed by atoms with Gasteiger partial charge in [0.15, 0.2) is 12.4 Å². The van der Waals surface area contributed by atoms with Crippen molar-refractivity contribution in [3.05, 3.63) is 71.3 Å². The van der Waals surface area contributed by atoms with Gasteiger partial charge in [-0.1, -0.05) is 18.2 Å². The second-order valence-electron chi connectivity index (χ2n) is 4.86. The summed E-state index contributed by atoms with van der Waals surface area (Å²) in [5, 5.41) is 8.70. The first-order chi connectivity index (χ1) is 11.4. The highest BCUT2D eigenvalue weighted by Gasteiger charge is 2.28. The summed E-state index contributed by atoms with van der Waals surface area (Å²) >= 11 is 0. The largest absolute Gasteiger partial charge is 0.484 e. The van der Waals surface area contributed by atoms with Gasteiger partial charge in [-0.3, -0.25) is 4.79 Å². The zero-order valence-corrected chi connectivity index (χ0v) is 12.4. The van der Waals surface area contributed by atoms with E-state index < -0.39 is 12.8 Å². The van der Waals surface area contributed by atoms with E-state index in [0.717, 1.165) is 0 Å². The lowest BCUT2D eigenvalue weighted by Crippen LogP contribution is -2.19. The number of nitrogens with zero attached hydrogens (tertiary/aromatic N) is 1. The Hall–Kier alpha value is -3.07. The van der Waals surface area contributed by atoms with Crippen LogP contribution in [-0.2, 0) is 0 Å². The van der Waals surface area contributed by atoms with E-state index in [4.69, 9.17) is 5.26 Å². The SMILES string of the molecule is N#Cc1ccc(C(=O)/C=C/c2ccc(OCC(F)(F)F)cc2)cc1. The van der Waals surface area contributed by atoms with E-state index in [1.54, 1.807) is 42.5 Å². The van der Waals surface area contributed by atoms with Crippen LogP contribution in [0.4, 0.5) is 13.2 Å². The van der Waals surface area contributed by atoms with Crippen LogP contribution in [0.2, 0.25) is 0 Å². The van der Waals surface area contributed by atoms with E-state index in [1.807, 2.05) is 6.07 Å². The maximum absolute atomic E-state index is 12.0. The first-order valence-electron chi connectivity index (χ1n) is 6.89. The average molecular weight is 331 g/mol. The molecule has 0 radical (unpaired) electrons. The second-order valence-corrected chi connectivity index (χ2v) is 4.86. The summed E-state index contributed by atoms with van der Waals surface area (Å²) < 4.78 is 40.7. The smallest absolute Gasteiger partial charge is 0.422 e. The number of hydrogen-bond acceptors (Lipinski definition) is 3. The molecule has 0 spiro atoms. The minimum absolute atomic E-state index is 0.0999. The van der Waals surface area contributed by atoms with E-state index in [9.17, 15) is 18.0 Å². The quantitative estimate of drug-likeness (QED) is 0.603. The third-order valence-electron chi connectivity index (χ3n) is 3.01. The summed E-state index contributed by atoms with van der Waals surface area (Å²) in [6.45, 7) is -1.35. The number of hydrogen-bond donors (Lipinski definition) is 0. The molecule has 0 aliphatic heterocycles. The maximum atomic E-state index is 12.0. The van der Waals surface area contributed by atoms with Gasteiger partial charge in [-0.15, -0.1) is 0 Å². The van der Waals surface area contributed by atoms with Gasteiger partial charge in [0, 0.05) is 5.56 Å². The van der Waals surface area contributed by atoms with Gasteiger partial charge >= 0.3 is 6.18 Å². The molecule has 0 amide bonds. The molecule has 2 aromatic carbocycles. The van der Waals surface area contributed by atoms with E-state index in [0.29, 0.717) is 16.7 Å². The molecular formula is C18H12F3NO2. The fraction of sp³-hybridized carbons (Fsp3) is 0.111. The summed E-state index contributed by atoms with van der Waals surface area (Å²) in [7, 11) is 0. The lowest BCUT2D eigenvalue weighted by Gasteiger charge is -2.08. The van der Waals surface area contributed by atoms with Crippen LogP contribution in [0, 0.1) is 11.3 Å². The highest BCUT2D eigenvalue weighted by atomic mass is 19.4. The third-order valence-corrected chi connectivity index (χ3v) is 3.01. The van der Waals surface area contributed by atoms with Crippen LogP contribution in [0.3, 0.4) is 0 Å². The predicted octanol–water partition coefficient (Wildman–Crippen LogP) is 4.40. The average Bonchev–Trinajstić information content (AvgIpc) is 2.58. The van der Waals surface area contributed by atoms with E-state index >= 15 is 0 Å². The number of halogens is 3. The molecule has 0 aliphatic carbocycles. The minimum Gasteiger partial charge on any atom is -0.484 e. The summed E-state index contributed by atoms with van der Waals surface area (Å²) in [5.74, 6) is -0.139. The van der Waals surface area contributed by atoms with Crippen LogP contribution in [0.25, 0.3) is 6.08 Å². The normalized spacial score (nSPS) is 11.2. The molecule has 0 aromatic heterocycles. The number of ketones is 1. The van der Waals surface area contributed by atoms with Crippen LogP contribution in [-0.4, -0.2) is 18.6 Å². The monoisotopic (exact) mass is 331 g/mol. The number of nitriles is 1. The lowest BCUT2D eigenvalue weighted by molar-refractivity contribution is -0.153. The Kier molecular flexibility index (Phi) is 5.38. The summed E-state index contributed by atoms with van der Waals surface area (Å²) in [5.41, 5.74) is 1.55. The number of carbonyl (C=O) groups is 1. The van der Waals surface area contributed by atoms with Crippen molar-refractivity contribution in [1.29, 1.82) is 5.26 Å². The maximum Gasteiger partial charge on any atom is 0.422 e. The molecule has 0 heterocycles. The van der Waals surface area contributed by atoms with Gasteiger partial charge in [0.1, 0.15) is 5.75 Å². The zero-order valence-electron chi connectivity index (χ0n) is 12.4. The Labute approximate surface area is 136 Å². The van der Waals surface area contributed by atoms with Crippen LogP contribution in [0.1, 0.15) is 21.5 Å². The van der Waals surface area contributed by atoms with Crippen molar-refractivity contribution in [2.24, 2.45) is 0 Å². The molecule has 0 saturated heterocycles. The zero-order chi connectivity index (χ0) is 17.6. The first-order valence-corrected chi connectivity index (χ1v) is 6.89. The van der Waals surface area contributed by atoms with Gasteiger partial charge in [0.25, 0.3) is 0 Å². The molecule has 0 N–H and O–H groups in total. The number of carbonyl (C=O) groups excluding carboxylic acids is 1. The van der Waals surface area contributed by atoms with Gasteiger partial charge in [-0.2, -0.15) is 18.4 Å². The summed E-state index contributed by atoms with van der Waals surface area (Å²) in [6, 6.07) is 14.1. The van der Waals surface area contributed by atoms with Crippen molar-refractivity contribution >= 4 is 11.9 Å². The predicted molar refractivity (Wildman–Crippen MR) is 82.5 cm³/mol. The summed E-state index contributed by atoms with van der Waals surface area (Å²) in [4.78, 5) is 12.0. The van der Waals surface area contributed by atoms with E-state index in [2.05, 4.69) is 4.74 Å². The molecule has 0 atom stereocenters. The lowest BCUT2D eigenvalue weighted by atomic mass is 10.1. The topological polar surface area (TPSA) is 50.1 Å². The first kappa shape index (κ1) is 17.3.